The Morgan fingerprint density at radius 2 is 1.93 bits per heavy atom. The minimum atomic E-state index is -1.50. The lowest BCUT2D eigenvalue weighted by Crippen LogP contribution is -2.60. The standard InChI is InChI=1S/C22H30O5/c1-12-8-17-15-5-4-13-9-14(24)10-18(25)21(13,3)16(15)6-7-20(17,2)22(12,27)19(26)11-23/h9-10,12,15-17,23-24,27H,4-8,11H2,1-3H3. The van der Waals surface area contributed by atoms with Gasteiger partial charge >= 0.3 is 0 Å². The zero-order chi connectivity index (χ0) is 19.8. The van der Waals surface area contributed by atoms with E-state index in [0.29, 0.717) is 6.42 Å². The predicted octanol–water partition coefficient (Wildman–Crippen LogP) is 2.72. The van der Waals surface area contributed by atoms with Gasteiger partial charge in [0.1, 0.15) is 18.0 Å². The molecule has 0 spiro atoms. The third-order valence-electron chi connectivity index (χ3n) is 8.86. The number of carbonyl (C=O) groups excluding carboxylic acids is 2. The Balaban J connectivity index is 1.74. The molecule has 0 aromatic carbocycles. The van der Waals surface area contributed by atoms with E-state index >= 15 is 0 Å². The third-order valence-corrected chi connectivity index (χ3v) is 8.86. The van der Waals surface area contributed by atoms with Crippen molar-refractivity contribution < 1.29 is 24.9 Å². The average molecular weight is 374 g/mol. The van der Waals surface area contributed by atoms with E-state index in [1.54, 1.807) is 6.08 Å². The molecule has 27 heavy (non-hydrogen) atoms. The van der Waals surface area contributed by atoms with Crippen LogP contribution in [0.4, 0.5) is 0 Å². The summed E-state index contributed by atoms with van der Waals surface area (Å²) in [6.45, 7) is 5.29. The van der Waals surface area contributed by atoms with Gasteiger partial charge < -0.3 is 15.3 Å². The van der Waals surface area contributed by atoms with Crippen LogP contribution in [0.5, 0.6) is 0 Å². The Kier molecular flexibility index (Phi) is 4.04. The van der Waals surface area contributed by atoms with Crippen LogP contribution >= 0.6 is 0 Å². The maximum Gasteiger partial charge on any atom is 0.190 e. The molecule has 5 heteroatoms. The van der Waals surface area contributed by atoms with Crippen molar-refractivity contribution in [3.05, 3.63) is 23.5 Å². The first kappa shape index (κ1) is 18.9. The quantitative estimate of drug-likeness (QED) is 0.691. The van der Waals surface area contributed by atoms with Gasteiger partial charge in [-0.3, -0.25) is 9.59 Å². The molecule has 3 saturated carbocycles. The first-order valence-corrected chi connectivity index (χ1v) is 10.1. The lowest BCUT2D eigenvalue weighted by atomic mass is 9.46. The van der Waals surface area contributed by atoms with Crippen molar-refractivity contribution in [1.29, 1.82) is 0 Å². The Hall–Kier alpha value is -1.46. The van der Waals surface area contributed by atoms with Gasteiger partial charge in [-0.1, -0.05) is 19.4 Å². The van der Waals surface area contributed by atoms with Gasteiger partial charge in [0.05, 0.1) is 5.41 Å². The van der Waals surface area contributed by atoms with E-state index in [0.717, 1.165) is 31.3 Å². The minimum absolute atomic E-state index is 0.0245. The normalized spacial score (nSPS) is 48.9. The highest BCUT2D eigenvalue weighted by Crippen LogP contribution is 2.68. The van der Waals surface area contributed by atoms with Crippen molar-refractivity contribution in [2.45, 2.75) is 58.5 Å². The van der Waals surface area contributed by atoms with E-state index in [9.17, 15) is 24.9 Å². The van der Waals surface area contributed by atoms with Crippen LogP contribution in [0.15, 0.2) is 23.5 Å². The van der Waals surface area contributed by atoms with Crippen LogP contribution in [0.3, 0.4) is 0 Å². The van der Waals surface area contributed by atoms with Crippen LogP contribution in [0, 0.1) is 34.5 Å². The van der Waals surface area contributed by atoms with Gasteiger partial charge in [0.25, 0.3) is 0 Å². The molecule has 0 aromatic rings. The molecule has 0 aromatic heterocycles. The second-order valence-corrected chi connectivity index (χ2v) is 9.66. The van der Waals surface area contributed by atoms with Gasteiger partial charge in [-0.15, -0.1) is 0 Å². The van der Waals surface area contributed by atoms with E-state index in [4.69, 9.17) is 0 Å². The molecule has 0 aliphatic heterocycles. The maximum absolute atomic E-state index is 12.9. The second kappa shape index (κ2) is 5.77. The summed E-state index contributed by atoms with van der Waals surface area (Å²) >= 11 is 0. The van der Waals surface area contributed by atoms with Crippen molar-refractivity contribution in [3.63, 3.8) is 0 Å². The molecule has 4 aliphatic carbocycles. The lowest BCUT2D eigenvalue weighted by molar-refractivity contribution is -0.171. The average Bonchev–Trinajstić information content (AvgIpc) is 2.83. The molecule has 5 nitrogen and oxygen atoms in total. The maximum atomic E-state index is 12.9. The number of carbonyl (C=O) groups is 2. The molecule has 0 heterocycles. The number of allylic oxidation sites excluding steroid dienone is 3. The highest BCUT2D eigenvalue weighted by Gasteiger charge is 2.69. The van der Waals surface area contributed by atoms with Gasteiger partial charge in [-0.2, -0.15) is 0 Å². The molecular weight excluding hydrogens is 344 g/mol. The van der Waals surface area contributed by atoms with Crippen molar-refractivity contribution in [1.82, 2.24) is 0 Å². The van der Waals surface area contributed by atoms with Gasteiger partial charge in [-0.05, 0) is 68.8 Å². The first-order valence-electron chi connectivity index (χ1n) is 10.1. The molecule has 4 rings (SSSR count). The molecule has 3 fully saturated rings. The molecule has 148 valence electrons. The van der Waals surface area contributed by atoms with Crippen molar-refractivity contribution in [2.24, 2.45) is 34.5 Å². The first-order chi connectivity index (χ1) is 12.6. The highest BCUT2D eigenvalue weighted by molar-refractivity contribution is 5.99. The Labute approximate surface area is 160 Å². The van der Waals surface area contributed by atoms with Crippen LogP contribution in [0.25, 0.3) is 0 Å². The summed E-state index contributed by atoms with van der Waals surface area (Å²) in [5, 5.41) is 30.8. The fraction of sp³-hybridized carbons (Fsp3) is 0.727. The fourth-order valence-electron chi connectivity index (χ4n) is 7.35. The number of rotatable bonds is 2. The Morgan fingerprint density at radius 1 is 1.22 bits per heavy atom. The number of fused-ring (bicyclic) bond motifs is 5. The summed E-state index contributed by atoms with van der Waals surface area (Å²) in [4.78, 5) is 25.5. The van der Waals surface area contributed by atoms with E-state index in [1.807, 2.05) is 20.8 Å². The molecule has 0 amide bonds. The predicted molar refractivity (Wildman–Crippen MR) is 99.8 cm³/mol. The Morgan fingerprint density at radius 3 is 2.59 bits per heavy atom. The van der Waals surface area contributed by atoms with E-state index in [2.05, 4.69) is 0 Å². The largest absolute Gasteiger partial charge is 0.508 e. The summed E-state index contributed by atoms with van der Waals surface area (Å²) in [5.74, 6) is -0.0908. The molecule has 0 radical (unpaired) electrons. The summed E-state index contributed by atoms with van der Waals surface area (Å²) in [6.07, 6.45) is 6.94. The Bertz CT molecular complexity index is 767. The number of hydrogen-bond donors (Lipinski definition) is 3. The number of aliphatic hydroxyl groups excluding tert-OH is 2. The third kappa shape index (κ3) is 2.13. The van der Waals surface area contributed by atoms with Crippen LogP contribution < -0.4 is 0 Å². The monoisotopic (exact) mass is 374 g/mol. The summed E-state index contributed by atoms with van der Waals surface area (Å²) < 4.78 is 0. The molecule has 0 saturated heterocycles. The number of hydrogen-bond acceptors (Lipinski definition) is 5. The topological polar surface area (TPSA) is 94.8 Å². The van der Waals surface area contributed by atoms with Crippen LogP contribution in [-0.2, 0) is 9.59 Å². The zero-order valence-electron chi connectivity index (χ0n) is 16.4. The summed E-state index contributed by atoms with van der Waals surface area (Å²) in [5.41, 5.74) is -1.64. The molecule has 4 aliphatic rings. The SMILES string of the molecule is CC1CC2C3CCC4=CC(O)=CC(=O)C4(C)C3CCC2(C)C1(O)C(=O)CO. The second-order valence-electron chi connectivity index (χ2n) is 9.66. The molecule has 0 bridgehead atoms. The summed E-state index contributed by atoms with van der Waals surface area (Å²) in [6, 6.07) is 0. The smallest absolute Gasteiger partial charge is 0.190 e. The van der Waals surface area contributed by atoms with E-state index < -0.39 is 28.8 Å². The fourth-order valence-corrected chi connectivity index (χ4v) is 7.35. The van der Waals surface area contributed by atoms with Crippen LogP contribution in [-0.4, -0.2) is 39.1 Å². The zero-order valence-corrected chi connectivity index (χ0v) is 16.4. The number of aliphatic hydroxyl groups is 3. The van der Waals surface area contributed by atoms with Gasteiger partial charge in [-0.25, -0.2) is 0 Å². The molecular formula is C22H30O5. The van der Waals surface area contributed by atoms with Crippen LogP contribution in [0.2, 0.25) is 0 Å². The number of ketones is 2. The molecule has 3 N–H and O–H groups in total. The molecule has 7 atom stereocenters. The van der Waals surface area contributed by atoms with Crippen molar-refractivity contribution >= 4 is 11.6 Å². The van der Waals surface area contributed by atoms with Gasteiger partial charge in [0.2, 0.25) is 0 Å². The highest BCUT2D eigenvalue weighted by atomic mass is 16.3. The lowest BCUT2D eigenvalue weighted by Gasteiger charge is -2.57. The van der Waals surface area contributed by atoms with E-state index in [1.165, 1.54) is 6.08 Å². The van der Waals surface area contributed by atoms with Crippen LogP contribution in [0.1, 0.15) is 52.9 Å². The van der Waals surface area contributed by atoms with Gasteiger partial charge in [0, 0.05) is 11.5 Å². The van der Waals surface area contributed by atoms with Crippen molar-refractivity contribution in [2.75, 3.05) is 6.61 Å². The minimum Gasteiger partial charge on any atom is -0.508 e. The number of Topliss-reactive ketones (excluding diaryl/α,β-unsaturated/α-hetero) is 1. The van der Waals surface area contributed by atoms with Crippen molar-refractivity contribution in [3.8, 4) is 0 Å². The summed E-state index contributed by atoms with van der Waals surface area (Å²) in [7, 11) is 0. The molecule has 7 unspecified atom stereocenters. The van der Waals surface area contributed by atoms with Gasteiger partial charge in [0.15, 0.2) is 11.6 Å². The van der Waals surface area contributed by atoms with E-state index in [-0.39, 0.29) is 35.2 Å².